The van der Waals surface area contributed by atoms with Gasteiger partial charge in [-0.05, 0) is 0 Å². The van der Waals surface area contributed by atoms with Gasteiger partial charge in [-0.15, -0.1) is 0 Å². The molecule has 0 aliphatic rings. The Morgan fingerprint density at radius 1 is 1.11 bits per heavy atom. The fourth-order valence-electron chi connectivity index (χ4n) is 0.213. The number of hydrogen-bond donors (Lipinski definition) is 0. The Morgan fingerprint density at radius 3 is 1.67 bits per heavy atom. The molecule has 0 atom stereocenters. The van der Waals surface area contributed by atoms with Crippen LogP contribution in [0.5, 0.6) is 0 Å². The highest BCUT2D eigenvalue weighted by molar-refractivity contribution is 4.91. The van der Waals surface area contributed by atoms with Crippen molar-refractivity contribution in [2.75, 3.05) is 0 Å². The quantitative estimate of drug-likeness (QED) is 0.525. The van der Waals surface area contributed by atoms with Crippen LogP contribution in [0.15, 0.2) is 11.9 Å². The van der Waals surface area contributed by atoms with E-state index in [2.05, 4.69) is 0 Å². The zero-order chi connectivity index (χ0) is 7.44. The average molecular weight is 146 g/mol. The van der Waals surface area contributed by atoms with Gasteiger partial charge in [0.25, 0.3) is 0 Å². The minimum absolute atomic E-state index is 1.50. The monoisotopic (exact) mass is 146 g/mol. The van der Waals surface area contributed by atoms with Crippen molar-refractivity contribution in [3.05, 3.63) is 11.9 Å². The van der Waals surface area contributed by atoms with Crippen LogP contribution in [0.2, 0.25) is 0 Å². The minimum Gasteiger partial charge on any atom is -0.210 e. The summed E-state index contributed by atoms with van der Waals surface area (Å²) in [6, 6.07) is 0. The first-order chi connectivity index (χ1) is 4.04. The maximum absolute atomic E-state index is 11.4. The molecule has 0 saturated carbocycles. The molecule has 0 rings (SSSR count). The van der Waals surface area contributed by atoms with Crippen LogP contribution in [-0.2, 0) is 0 Å². The lowest BCUT2D eigenvalue weighted by atomic mass is 10.4. The van der Waals surface area contributed by atoms with E-state index in [4.69, 9.17) is 0 Å². The third-order valence-corrected chi connectivity index (χ3v) is 0.539. The molecule has 0 spiro atoms. The molecule has 0 unspecified atom stereocenters. The van der Waals surface area contributed by atoms with Crippen LogP contribution in [0.1, 0.15) is 6.42 Å². The molecule has 0 nitrogen and oxygen atoms in total. The van der Waals surface area contributed by atoms with Gasteiger partial charge < -0.3 is 0 Å². The molecule has 54 valence electrons. The van der Waals surface area contributed by atoms with Crippen LogP contribution in [-0.4, -0.2) is 6.43 Å². The van der Waals surface area contributed by atoms with Crippen molar-refractivity contribution in [3.63, 3.8) is 0 Å². The third kappa shape index (κ3) is 3.93. The van der Waals surface area contributed by atoms with Gasteiger partial charge in [0.05, 0.1) is 6.42 Å². The molecule has 0 saturated heterocycles. The number of hydrogen-bond acceptors (Lipinski definition) is 0. The molecule has 0 aliphatic heterocycles. The van der Waals surface area contributed by atoms with Gasteiger partial charge in [0.15, 0.2) is 5.83 Å². The second-order valence-corrected chi connectivity index (χ2v) is 1.26. The summed E-state index contributed by atoms with van der Waals surface area (Å²) in [7, 11) is 0. The molecule has 0 N–H and O–H groups in total. The molecule has 0 radical (unpaired) electrons. The lowest BCUT2D eigenvalue weighted by molar-refractivity contribution is 0.137. The molecule has 0 fully saturated rings. The Balaban J connectivity index is 3.77. The minimum atomic E-state index is -3.05. The number of halogens is 5. The van der Waals surface area contributed by atoms with E-state index in [1.807, 2.05) is 0 Å². The van der Waals surface area contributed by atoms with Crippen molar-refractivity contribution < 1.29 is 22.0 Å². The molecule has 0 aromatic heterocycles. The van der Waals surface area contributed by atoms with E-state index in [0.29, 0.717) is 0 Å². The maximum atomic E-state index is 11.4. The Hall–Kier alpha value is -0.610. The van der Waals surface area contributed by atoms with Crippen molar-refractivity contribution in [2.45, 2.75) is 12.8 Å². The smallest absolute Gasteiger partial charge is 0.210 e. The molecule has 0 amide bonds. The normalized spacial score (nSPS) is 10.0. The predicted octanol–water partition coefficient (Wildman–Crippen LogP) is 2.72. The summed E-state index contributed by atoms with van der Waals surface area (Å²) in [4.78, 5) is 0. The zero-order valence-corrected chi connectivity index (χ0v) is 4.17. The first-order valence-electron chi connectivity index (χ1n) is 2.02. The number of rotatable bonds is 2. The van der Waals surface area contributed by atoms with Crippen molar-refractivity contribution in [2.24, 2.45) is 0 Å². The topological polar surface area (TPSA) is 0 Å². The van der Waals surface area contributed by atoms with Crippen molar-refractivity contribution >= 4 is 0 Å². The van der Waals surface area contributed by atoms with E-state index < -0.39 is 24.8 Å². The summed E-state index contributed by atoms with van der Waals surface area (Å²) in [5.41, 5.74) is 0. The van der Waals surface area contributed by atoms with Crippen molar-refractivity contribution in [3.8, 4) is 0 Å². The summed E-state index contributed by atoms with van der Waals surface area (Å²) in [5, 5.41) is 0. The van der Waals surface area contributed by atoms with Gasteiger partial charge in [-0.1, -0.05) is 0 Å². The molecule has 0 aromatic carbocycles. The van der Waals surface area contributed by atoms with Gasteiger partial charge in [0.2, 0.25) is 6.43 Å². The van der Waals surface area contributed by atoms with Gasteiger partial charge >= 0.3 is 6.08 Å². The van der Waals surface area contributed by atoms with Gasteiger partial charge in [0, 0.05) is 0 Å². The lowest BCUT2D eigenvalue weighted by Gasteiger charge is -1.91. The Morgan fingerprint density at radius 2 is 1.56 bits per heavy atom. The van der Waals surface area contributed by atoms with Crippen molar-refractivity contribution in [1.29, 1.82) is 0 Å². The summed E-state index contributed by atoms with van der Waals surface area (Å²) >= 11 is 0. The average Bonchev–Trinajstić information content (AvgIpc) is 1.63. The fourth-order valence-corrected chi connectivity index (χ4v) is 0.213. The van der Waals surface area contributed by atoms with Crippen LogP contribution >= 0.6 is 0 Å². The van der Waals surface area contributed by atoms with E-state index in [1.54, 1.807) is 0 Å². The van der Waals surface area contributed by atoms with Crippen LogP contribution in [0.3, 0.4) is 0 Å². The summed E-state index contributed by atoms with van der Waals surface area (Å²) in [6.07, 6.45) is -7.22. The van der Waals surface area contributed by atoms with Crippen LogP contribution in [0.4, 0.5) is 22.0 Å². The first kappa shape index (κ1) is 8.39. The Bertz CT molecular complexity index is 112. The highest BCUT2D eigenvalue weighted by atomic mass is 19.3. The summed E-state index contributed by atoms with van der Waals surface area (Å²) < 4.78 is 55.4. The van der Waals surface area contributed by atoms with Gasteiger partial charge in [-0.25, -0.2) is 13.2 Å². The molecule has 5 heteroatoms. The first-order valence-corrected chi connectivity index (χ1v) is 2.02. The van der Waals surface area contributed by atoms with E-state index in [9.17, 15) is 22.0 Å². The fraction of sp³-hybridized carbons (Fsp3) is 0.500. The standard InChI is InChI=1S/C4H3F5/c5-2(4(8)9)1-3(6)7/h3H,1H2. The van der Waals surface area contributed by atoms with Crippen LogP contribution in [0, 0.1) is 0 Å². The van der Waals surface area contributed by atoms with Crippen LogP contribution < -0.4 is 0 Å². The highest BCUT2D eigenvalue weighted by Crippen LogP contribution is 2.16. The van der Waals surface area contributed by atoms with Crippen LogP contribution in [0.25, 0.3) is 0 Å². The Labute approximate surface area is 48.0 Å². The molecule has 0 heterocycles. The second kappa shape index (κ2) is 3.42. The molecule has 9 heavy (non-hydrogen) atoms. The number of alkyl halides is 2. The molecule has 0 aromatic rings. The maximum Gasteiger partial charge on any atom is 0.301 e. The predicted molar refractivity (Wildman–Crippen MR) is 21.0 cm³/mol. The highest BCUT2D eigenvalue weighted by Gasteiger charge is 2.11. The second-order valence-electron chi connectivity index (χ2n) is 1.26. The van der Waals surface area contributed by atoms with Gasteiger partial charge in [-0.2, -0.15) is 8.78 Å². The van der Waals surface area contributed by atoms with E-state index in [1.165, 1.54) is 0 Å². The molecular formula is C4H3F5. The number of allylic oxidation sites excluding steroid dienone is 1. The summed E-state index contributed by atoms with van der Waals surface area (Å²) in [6.45, 7) is 0. The van der Waals surface area contributed by atoms with Gasteiger partial charge in [-0.3, -0.25) is 0 Å². The molecule has 0 aliphatic carbocycles. The third-order valence-electron chi connectivity index (χ3n) is 0.539. The molecule has 0 bridgehead atoms. The van der Waals surface area contributed by atoms with E-state index in [-0.39, 0.29) is 0 Å². The van der Waals surface area contributed by atoms with Gasteiger partial charge in [0.1, 0.15) is 0 Å². The Kier molecular flexibility index (Phi) is 3.19. The zero-order valence-electron chi connectivity index (χ0n) is 4.17. The van der Waals surface area contributed by atoms with E-state index >= 15 is 0 Å². The summed E-state index contributed by atoms with van der Waals surface area (Å²) in [5.74, 6) is -2.04. The van der Waals surface area contributed by atoms with Crippen molar-refractivity contribution in [1.82, 2.24) is 0 Å². The largest absolute Gasteiger partial charge is 0.301 e. The van der Waals surface area contributed by atoms with E-state index in [0.717, 1.165) is 0 Å². The SMILES string of the molecule is FC(F)=C(F)CC(F)F. The lowest BCUT2D eigenvalue weighted by Crippen LogP contribution is -1.90. The molecular weight excluding hydrogens is 143 g/mol.